The Kier molecular flexibility index (Phi) is 10.8. The highest BCUT2D eigenvalue weighted by Gasteiger charge is 2.32. The fourth-order valence-corrected chi connectivity index (χ4v) is 5.55. The molecule has 1 aliphatic rings. The SMILES string of the molecule is CCCOC(=O)CCN1C(=O)/C(=C\c2cc(Br)c(OCc3ccc(C(C)(C)C)cc3)c(OCC)c2)SC1=S. The molecule has 3 rings (SSSR count). The van der Waals surface area contributed by atoms with Crippen molar-refractivity contribution in [3.63, 3.8) is 0 Å². The van der Waals surface area contributed by atoms with Crippen molar-refractivity contribution in [3.8, 4) is 11.5 Å². The van der Waals surface area contributed by atoms with E-state index in [-0.39, 0.29) is 30.3 Å². The van der Waals surface area contributed by atoms with E-state index in [9.17, 15) is 9.59 Å². The van der Waals surface area contributed by atoms with Gasteiger partial charge in [-0.3, -0.25) is 14.5 Å². The van der Waals surface area contributed by atoms with Crippen LogP contribution in [-0.4, -0.2) is 40.9 Å². The summed E-state index contributed by atoms with van der Waals surface area (Å²) in [5.74, 6) is 0.614. The molecule has 1 amide bonds. The van der Waals surface area contributed by atoms with Gasteiger partial charge in [-0.15, -0.1) is 0 Å². The van der Waals surface area contributed by atoms with E-state index in [4.69, 9.17) is 26.4 Å². The van der Waals surface area contributed by atoms with E-state index in [0.29, 0.717) is 40.5 Å². The molecular weight excluding hydrogens is 586 g/mol. The largest absolute Gasteiger partial charge is 0.490 e. The van der Waals surface area contributed by atoms with Crippen LogP contribution in [0.5, 0.6) is 11.5 Å². The predicted octanol–water partition coefficient (Wildman–Crippen LogP) is 7.27. The molecule has 1 aliphatic heterocycles. The van der Waals surface area contributed by atoms with Crippen LogP contribution in [0.2, 0.25) is 0 Å². The highest BCUT2D eigenvalue weighted by atomic mass is 79.9. The highest BCUT2D eigenvalue weighted by molar-refractivity contribution is 9.10. The minimum absolute atomic E-state index is 0.0924. The second-order valence-corrected chi connectivity index (χ2v) is 12.3. The molecule has 2 aromatic rings. The van der Waals surface area contributed by atoms with Crippen LogP contribution in [0, 0.1) is 0 Å². The molecule has 0 unspecified atom stereocenters. The summed E-state index contributed by atoms with van der Waals surface area (Å²) < 4.78 is 18.3. The van der Waals surface area contributed by atoms with Crippen LogP contribution in [0.25, 0.3) is 6.08 Å². The molecule has 0 aliphatic carbocycles. The van der Waals surface area contributed by atoms with Gasteiger partial charge < -0.3 is 14.2 Å². The molecule has 0 aromatic heterocycles. The van der Waals surface area contributed by atoms with E-state index in [2.05, 4.69) is 61.0 Å². The van der Waals surface area contributed by atoms with Crippen LogP contribution in [-0.2, 0) is 26.3 Å². The summed E-state index contributed by atoms with van der Waals surface area (Å²) in [6, 6.07) is 12.1. The molecular formula is C29H34BrNO5S2. The summed E-state index contributed by atoms with van der Waals surface area (Å²) in [5, 5.41) is 0. The van der Waals surface area contributed by atoms with E-state index in [1.807, 2.05) is 26.0 Å². The first-order valence-corrected chi connectivity index (χ1v) is 14.6. The van der Waals surface area contributed by atoms with Crippen molar-refractivity contribution in [2.75, 3.05) is 19.8 Å². The summed E-state index contributed by atoms with van der Waals surface area (Å²) in [6.07, 6.45) is 2.63. The number of benzene rings is 2. The zero-order valence-corrected chi connectivity index (χ0v) is 25.7. The number of amides is 1. The Labute approximate surface area is 243 Å². The smallest absolute Gasteiger partial charge is 0.307 e. The number of rotatable bonds is 11. The Morgan fingerprint density at radius 3 is 2.47 bits per heavy atom. The molecule has 38 heavy (non-hydrogen) atoms. The summed E-state index contributed by atoms with van der Waals surface area (Å²) >= 11 is 10.2. The van der Waals surface area contributed by atoms with Crippen LogP contribution in [0.15, 0.2) is 45.8 Å². The van der Waals surface area contributed by atoms with E-state index >= 15 is 0 Å². The van der Waals surface area contributed by atoms with Gasteiger partial charge in [0.25, 0.3) is 5.91 Å². The van der Waals surface area contributed by atoms with E-state index in [1.54, 1.807) is 6.08 Å². The number of esters is 1. The third-order valence-electron chi connectivity index (χ3n) is 5.71. The second kappa shape index (κ2) is 13.6. The number of hydrogen-bond donors (Lipinski definition) is 0. The lowest BCUT2D eigenvalue weighted by atomic mass is 9.87. The first-order chi connectivity index (χ1) is 18.0. The molecule has 0 spiro atoms. The number of carbonyl (C=O) groups is 2. The molecule has 6 nitrogen and oxygen atoms in total. The Bertz CT molecular complexity index is 1200. The van der Waals surface area contributed by atoms with Crippen molar-refractivity contribution in [3.05, 3.63) is 62.5 Å². The molecule has 0 saturated carbocycles. The summed E-state index contributed by atoms with van der Waals surface area (Å²) in [4.78, 5) is 26.8. The first kappa shape index (κ1) is 30.2. The van der Waals surface area contributed by atoms with Crippen molar-refractivity contribution in [2.24, 2.45) is 0 Å². The minimum Gasteiger partial charge on any atom is -0.490 e. The first-order valence-electron chi connectivity index (χ1n) is 12.6. The standard InChI is InChI=1S/C29H34BrNO5S2/c1-6-14-35-25(32)12-13-31-27(33)24(38-28(31)37)17-20-15-22(30)26(23(16-20)34-7-2)36-18-19-8-10-21(11-9-19)29(3,4)5/h8-11,15-17H,6-7,12-14,18H2,1-5H3/b24-17+. The van der Waals surface area contributed by atoms with Crippen molar-refractivity contribution in [2.45, 2.75) is 59.5 Å². The number of ether oxygens (including phenoxy) is 3. The molecule has 204 valence electrons. The topological polar surface area (TPSA) is 65.1 Å². The van der Waals surface area contributed by atoms with Crippen LogP contribution < -0.4 is 9.47 Å². The molecule has 0 bridgehead atoms. The monoisotopic (exact) mass is 619 g/mol. The third-order valence-corrected chi connectivity index (χ3v) is 7.68. The van der Waals surface area contributed by atoms with Gasteiger partial charge in [0, 0.05) is 6.54 Å². The molecule has 0 N–H and O–H groups in total. The molecule has 2 aromatic carbocycles. The number of thiocarbonyl (C=S) groups is 1. The Morgan fingerprint density at radius 2 is 1.84 bits per heavy atom. The second-order valence-electron chi connectivity index (χ2n) is 9.80. The molecule has 1 fully saturated rings. The summed E-state index contributed by atoms with van der Waals surface area (Å²) in [5.41, 5.74) is 3.18. The summed E-state index contributed by atoms with van der Waals surface area (Å²) in [6.45, 7) is 11.8. The van der Waals surface area contributed by atoms with Gasteiger partial charge in [-0.05, 0) is 69.6 Å². The van der Waals surface area contributed by atoms with E-state index in [0.717, 1.165) is 22.0 Å². The maximum atomic E-state index is 13.0. The minimum atomic E-state index is -0.337. The van der Waals surface area contributed by atoms with Gasteiger partial charge in [-0.1, -0.05) is 75.9 Å². The molecule has 9 heteroatoms. The Morgan fingerprint density at radius 1 is 1.13 bits per heavy atom. The zero-order valence-electron chi connectivity index (χ0n) is 22.5. The Balaban J connectivity index is 1.74. The lowest BCUT2D eigenvalue weighted by Crippen LogP contribution is -2.30. The highest BCUT2D eigenvalue weighted by Crippen LogP contribution is 2.40. The number of hydrogen-bond acceptors (Lipinski definition) is 7. The maximum Gasteiger partial charge on any atom is 0.307 e. The van der Waals surface area contributed by atoms with Crippen LogP contribution >= 0.6 is 39.9 Å². The zero-order chi connectivity index (χ0) is 27.9. The van der Waals surface area contributed by atoms with Crippen LogP contribution in [0.1, 0.15) is 64.2 Å². The van der Waals surface area contributed by atoms with Crippen LogP contribution in [0.4, 0.5) is 0 Å². The maximum absolute atomic E-state index is 13.0. The van der Waals surface area contributed by atoms with Gasteiger partial charge in [-0.2, -0.15) is 0 Å². The van der Waals surface area contributed by atoms with Crippen molar-refractivity contribution in [1.29, 1.82) is 0 Å². The van der Waals surface area contributed by atoms with Gasteiger partial charge in [0.2, 0.25) is 0 Å². The quantitative estimate of drug-likeness (QED) is 0.149. The van der Waals surface area contributed by atoms with Crippen LogP contribution in [0.3, 0.4) is 0 Å². The number of halogens is 1. The average Bonchev–Trinajstić information content (AvgIpc) is 3.12. The van der Waals surface area contributed by atoms with E-state index in [1.165, 1.54) is 22.2 Å². The lowest BCUT2D eigenvalue weighted by molar-refractivity contribution is -0.143. The van der Waals surface area contributed by atoms with Gasteiger partial charge in [-0.25, -0.2) is 0 Å². The predicted molar refractivity (Wildman–Crippen MR) is 161 cm³/mol. The van der Waals surface area contributed by atoms with Crippen molar-refractivity contribution in [1.82, 2.24) is 4.90 Å². The third kappa shape index (κ3) is 8.07. The lowest BCUT2D eigenvalue weighted by Gasteiger charge is -2.19. The molecule has 1 saturated heterocycles. The fourth-order valence-electron chi connectivity index (χ4n) is 3.67. The van der Waals surface area contributed by atoms with Gasteiger partial charge in [0.05, 0.1) is 29.0 Å². The number of nitrogens with zero attached hydrogens (tertiary/aromatic N) is 1. The van der Waals surface area contributed by atoms with E-state index < -0.39 is 0 Å². The molecule has 1 heterocycles. The average molecular weight is 621 g/mol. The number of carbonyl (C=O) groups excluding carboxylic acids is 2. The van der Waals surface area contributed by atoms with Crippen molar-refractivity contribution >= 4 is 62.2 Å². The fraction of sp³-hybridized carbons (Fsp3) is 0.414. The number of thioether (sulfide) groups is 1. The van der Waals surface area contributed by atoms with Crippen molar-refractivity contribution < 1.29 is 23.8 Å². The molecule has 0 atom stereocenters. The normalized spacial score (nSPS) is 14.8. The summed E-state index contributed by atoms with van der Waals surface area (Å²) in [7, 11) is 0. The van der Waals surface area contributed by atoms with Gasteiger partial charge >= 0.3 is 5.97 Å². The van der Waals surface area contributed by atoms with Gasteiger partial charge in [0.1, 0.15) is 10.9 Å². The van der Waals surface area contributed by atoms with Gasteiger partial charge in [0.15, 0.2) is 11.5 Å². The Hall–Kier alpha value is -2.36. The molecule has 0 radical (unpaired) electrons.